The zero-order chi connectivity index (χ0) is 18.6. The van der Waals surface area contributed by atoms with Crippen molar-refractivity contribution in [2.45, 2.75) is 17.3 Å². The summed E-state index contributed by atoms with van der Waals surface area (Å²) in [6, 6.07) is 9.74. The molecule has 0 spiro atoms. The summed E-state index contributed by atoms with van der Waals surface area (Å²) in [4.78, 5) is 20.8. The zero-order valence-electron chi connectivity index (χ0n) is 14.4. The number of rotatable bonds is 6. The number of nitrogens with zero attached hydrogens (tertiary/aromatic N) is 6. The molecule has 27 heavy (non-hydrogen) atoms. The number of carbonyl (C=O) groups excluding carboxylic acids is 1. The number of fused-ring (bicyclic) bond motifs is 1. The van der Waals surface area contributed by atoms with Gasteiger partial charge in [0.1, 0.15) is 16.4 Å². The lowest BCUT2D eigenvalue weighted by molar-refractivity contribution is 0.0950. The van der Waals surface area contributed by atoms with Crippen LogP contribution in [0.3, 0.4) is 0 Å². The molecule has 0 aliphatic rings. The van der Waals surface area contributed by atoms with Gasteiger partial charge in [-0.2, -0.15) is 5.10 Å². The second-order valence-corrected chi connectivity index (χ2v) is 7.67. The molecule has 0 saturated carbocycles. The predicted octanol–water partition coefficient (Wildman–Crippen LogP) is 2.44. The first kappa shape index (κ1) is 17.6. The Morgan fingerprint density at radius 2 is 2.07 bits per heavy atom. The third-order valence-electron chi connectivity index (χ3n) is 3.78. The van der Waals surface area contributed by atoms with E-state index in [-0.39, 0.29) is 5.91 Å². The third-order valence-corrected chi connectivity index (χ3v) is 5.90. The second kappa shape index (κ2) is 7.80. The van der Waals surface area contributed by atoms with Crippen molar-refractivity contribution in [2.24, 2.45) is 7.05 Å². The first-order chi connectivity index (χ1) is 13.2. The maximum absolute atomic E-state index is 12.2. The van der Waals surface area contributed by atoms with Crippen LogP contribution in [0.1, 0.15) is 20.4 Å². The van der Waals surface area contributed by atoms with Gasteiger partial charge in [-0.05, 0) is 5.56 Å². The summed E-state index contributed by atoms with van der Waals surface area (Å²) in [5.41, 5.74) is 1.82. The van der Waals surface area contributed by atoms with Crippen molar-refractivity contribution in [3.8, 4) is 0 Å². The molecule has 8 nitrogen and oxygen atoms in total. The highest BCUT2D eigenvalue weighted by molar-refractivity contribution is 7.98. The summed E-state index contributed by atoms with van der Waals surface area (Å²) in [6.07, 6.45) is 3.27. The number of benzene rings is 1. The number of thioether (sulfide) groups is 1. The molecule has 0 fully saturated rings. The molecule has 0 aliphatic carbocycles. The van der Waals surface area contributed by atoms with Gasteiger partial charge in [-0.15, -0.1) is 10.2 Å². The Morgan fingerprint density at radius 3 is 2.93 bits per heavy atom. The number of hydrogen-bond acceptors (Lipinski definition) is 8. The van der Waals surface area contributed by atoms with Crippen LogP contribution < -0.4 is 5.32 Å². The summed E-state index contributed by atoms with van der Waals surface area (Å²) in [5.74, 6) is 0.356. The normalized spacial score (nSPS) is 11.0. The molecule has 10 heteroatoms. The Hall–Kier alpha value is -2.85. The molecule has 0 unspecified atom stereocenters. The molecular formula is C17H15N7OS2. The Kier molecular flexibility index (Phi) is 5.07. The lowest BCUT2D eigenvalue weighted by atomic mass is 10.2. The van der Waals surface area contributed by atoms with Crippen molar-refractivity contribution in [1.82, 2.24) is 35.3 Å². The van der Waals surface area contributed by atoms with E-state index in [1.807, 2.05) is 37.4 Å². The van der Waals surface area contributed by atoms with Gasteiger partial charge in [-0.3, -0.25) is 9.48 Å². The highest BCUT2D eigenvalue weighted by Gasteiger charge is 2.14. The number of hydrogen-bond donors (Lipinski definition) is 1. The van der Waals surface area contributed by atoms with E-state index in [1.54, 1.807) is 10.9 Å². The van der Waals surface area contributed by atoms with E-state index in [0.717, 1.165) is 26.6 Å². The number of amides is 1. The third kappa shape index (κ3) is 3.96. The van der Waals surface area contributed by atoms with Crippen LogP contribution in [-0.4, -0.2) is 35.9 Å². The van der Waals surface area contributed by atoms with E-state index in [9.17, 15) is 4.79 Å². The SMILES string of the molecule is Cn1ncc2c(SCc3nnc(C(=O)NCc4ccccc4)s3)ncnc21. The highest BCUT2D eigenvalue weighted by atomic mass is 32.2. The van der Waals surface area contributed by atoms with Crippen LogP contribution in [0.15, 0.2) is 47.9 Å². The van der Waals surface area contributed by atoms with Crippen molar-refractivity contribution in [3.63, 3.8) is 0 Å². The summed E-state index contributed by atoms with van der Waals surface area (Å²) < 4.78 is 1.71. The fraction of sp³-hybridized carbons (Fsp3) is 0.176. The smallest absolute Gasteiger partial charge is 0.282 e. The lowest BCUT2D eigenvalue weighted by Crippen LogP contribution is -2.22. The molecule has 136 valence electrons. The van der Waals surface area contributed by atoms with E-state index in [1.165, 1.54) is 29.4 Å². The monoisotopic (exact) mass is 397 g/mol. The Morgan fingerprint density at radius 1 is 1.22 bits per heavy atom. The molecule has 4 rings (SSSR count). The van der Waals surface area contributed by atoms with Gasteiger partial charge < -0.3 is 5.32 Å². The fourth-order valence-corrected chi connectivity index (χ4v) is 4.15. The number of nitrogens with one attached hydrogen (secondary N) is 1. The van der Waals surface area contributed by atoms with Crippen LogP contribution in [-0.2, 0) is 19.3 Å². The van der Waals surface area contributed by atoms with Crippen LogP contribution in [0.4, 0.5) is 0 Å². The minimum absolute atomic E-state index is 0.218. The fourth-order valence-electron chi connectivity index (χ4n) is 2.44. The van der Waals surface area contributed by atoms with Gasteiger partial charge >= 0.3 is 0 Å². The minimum Gasteiger partial charge on any atom is -0.346 e. The van der Waals surface area contributed by atoms with E-state index < -0.39 is 0 Å². The molecular weight excluding hydrogens is 382 g/mol. The predicted molar refractivity (Wildman–Crippen MR) is 103 cm³/mol. The largest absolute Gasteiger partial charge is 0.346 e. The Bertz CT molecular complexity index is 1080. The van der Waals surface area contributed by atoms with Gasteiger partial charge in [-0.25, -0.2) is 9.97 Å². The number of aryl methyl sites for hydroxylation is 1. The summed E-state index contributed by atoms with van der Waals surface area (Å²) >= 11 is 2.81. The van der Waals surface area contributed by atoms with Gasteiger partial charge in [0.15, 0.2) is 5.65 Å². The van der Waals surface area contributed by atoms with Crippen molar-refractivity contribution < 1.29 is 4.79 Å². The average molecular weight is 397 g/mol. The first-order valence-electron chi connectivity index (χ1n) is 8.11. The molecule has 0 atom stereocenters. The first-order valence-corrected chi connectivity index (χ1v) is 9.91. The van der Waals surface area contributed by atoms with Gasteiger partial charge in [0, 0.05) is 13.6 Å². The summed E-state index contributed by atoms with van der Waals surface area (Å²) in [7, 11) is 1.84. The standard InChI is InChI=1S/C17H15N7OS2/c1-24-14-12(8-21-24)16(20-10-19-14)26-9-13-22-23-17(27-13)15(25)18-7-11-5-3-2-4-6-11/h2-6,8,10H,7,9H2,1H3,(H,18,25). The molecule has 0 radical (unpaired) electrons. The van der Waals surface area contributed by atoms with Crippen molar-refractivity contribution in [2.75, 3.05) is 0 Å². The maximum atomic E-state index is 12.2. The molecule has 4 aromatic rings. The number of carbonyl (C=O) groups is 1. The molecule has 3 heterocycles. The van der Waals surface area contributed by atoms with Gasteiger partial charge in [-0.1, -0.05) is 53.4 Å². The van der Waals surface area contributed by atoms with Gasteiger partial charge in [0.25, 0.3) is 5.91 Å². The van der Waals surface area contributed by atoms with Crippen LogP contribution in [0.25, 0.3) is 11.0 Å². The topological polar surface area (TPSA) is 98.5 Å². The molecule has 1 amide bonds. The lowest BCUT2D eigenvalue weighted by Gasteiger charge is -2.02. The van der Waals surface area contributed by atoms with Crippen molar-refractivity contribution >= 4 is 40.0 Å². The zero-order valence-corrected chi connectivity index (χ0v) is 16.0. The van der Waals surface area contributed by atoms with Crippen molar-refractivity contribution in [3.05, 3.63) is 58.4 Å². The van der Waals surface area contributed by atoms with E-state index >= 15 is 0 Å². The van der Waals surface area contributed by atoms with Crippen molar-refractivity contribution in [1.29, 1.82) is 0 Å². The molecule has 3 aromatic heterocycles. The molecule has 1 N–H and O–H groups in total. The van der Waals surface area contributed by atoms with Gasteiger partial charge in [0.05, 0.1) is 17.3 Å². The Balaban J connectivity index is 1.38. The minimum atomic E-state index is -0.218. The van der Waals surface area contributed by atoms with Crippen LogP contribution in [0, 0.1) is 0 Å². The van der Waals surface area contributed by atoms with Crippen LogP contribution >= 0.6 is 23.1 Å². The van der Waals surface area contributed by atoms with E-state index in [4.69, 9.17) is 0 Å². The summed E-state index contributed by atoms with van der Waals surface area (Å²) in [6.45, 7) is 0.462. The molecule has 1 aromatic carbocycles. The van der Waals surface area contributed by atoms with Crippen LogP contribution in [0.5, 0.6) is 0 Å². The maximum Gasteiger partial charge on any atom is 0.282 e. The summed E-state index contributed by atoms with van der Waals surface area (Å²) in [5, 5.41) is 18.0. The Labute approximate surface area is 163 Å². The number of aromatic nitrogens is 6. The molecule has 0 bridgehead atoms. The molecule has 0 saturated heterocycles. The van der Waals surface area contributed by atoms with Gasteiger partial charge in [0.2, 0.25) is 5.01 Å². The molecule has 0 aliphatic heterocycles. The quantitative estimate of drug-likeness (QED) is 0.394. The van der Waals surface area contributed by atoms with Crippen LogP contribution in [0.2, 0.25) is 0 Å². The average Bonchev–Trinajstić information content (AvgIpc) is 3.33. The van der Waals surface area contributed by atoms with E-state index in [0.29, 0.717) is 17.3 Å². The highest BCUT2D eigenvalue weighted by Crippen LogP contribution is 2.27. The second-order valence-electron chi connectivity index (χ2n) is 5.64. The van der Waals surface area contributed by atoms with E-state index in [2.05, 4.69) is 30.6 Å².